The van der Waals surface area contributed by atoms with Gasteiger partial charge in [-0.2, -0.15) is 5.10 Å². The Morgan fingerprint density at radius 2 is 2.06 bits per heavy atom. The van der Waals surface area contributed by atoms with E-state index in [-0.39, 0.29) is 24.9 Å². The smallest absolute Gasteiger partial charge is 0.254 e. The van der Waals surface area contributed by atoms with Crippen LogP contribution < -0.4 is 5.32 Å². The van der Waals surface area contributed by atoms with Gasteiger partial charge in [-0.25, -0.2) is 4.98 Å². The number of halogens is 1. The van der Waals surface area contributed by atoms with Crippen LogP contribution in [0, 0.1) is 0 Å². The summed E-state index contributed by atoms with van der Waals surface area (Å²) in [6.07, 6.45) is 2.88. The maximum atomic E-state index is 13.0. The van der Waals surface area contributed by atoms with Crippen LogP contribution in [0.15, 0.2) is 60.9 Å². The molecule has 2 amide bonds. The van der Waals surface area contributed by atoms with Crippen molar-refractivity contribution in [2.24, 2.45) is 0 Å². The van der Waals surface area contributed by atoms with Crippen molar-refractivity contribution in [1.82, 2.24) is 30.0 Å². The number of benzene rings is 2. The molecule has 0 radical (unpaired) electrons. The molecular formula is C24H23ClN6O3. The Hall–Kier alpha value is -3.69. The number of carbonyl (C=O) groups excluding carboxylic acids is 2. The lowest BCUT2D eigenvalue weighted by atomic mass is 10.1. The van der Waals surface area contributed by atoms with Gasteiger partial charge in [-0.15, -0.1) is 0 Å². The summed E-state index contributed by atoms with van der Waals surface area (Å²) < 4.78 is 7.46. The van der Waals surface area contributed by atoms with E-state index in [1.54, 1.807) is 35.4 Å². The number of nitrogens with zero attached hydrogens (tertiary/aromatic N) is 4. The summed E-state index contributed by atoms with van der Waals surface area (Å²) in [6, 6.07) is 14.7. The Bertz CT molecular complexity index is 1300. The molecule has 0 aliphatic carbocycles. The molecule has 0 saturated carbocycles. The highest BCUT2D eigenvalue weighted by molar-refractivity contribution is 6.31. The second-order valence-electron chi connectivity index (χ2n) is 8.07. The monoisotopic (exact) mass is 478 g/mol. The lowest BCUT2D eigenvalue weighted by Crippen LogP contribution is -2.51. The Balaban J connectivity index is 1.17. The zero-order chi connectivity index (χ0) is 23.5. The first-order chi connectivity index (χ1) is 16.5. The molecule has 1 atom stereocenters. The fraction of sp³-hybridized carbons (Fsp3) is 0.250. The van der Waals surface area contributed by atoms with E-state index in [1.807, 2.05) is 35.1 Å². The van der Waals surface area contributed by atoms with Crippen LogP contribution in [0.25, 0.3) is 11.0 Å². The van der Waals surface area contributed by atoms with Crippen LogP contribution in [0.1, 0.15) is 21.7 Å². The van der Waals surface area contributed by atoms with Crippen molar-refractivity contribution < 1.29 is 14.3 Å². The third kappa shape index (κ3) is 4.95. The lowest BCUT2D eigenvalue weighted by molar-refractivity contribution is -0.137. The van der Waals surface area contributed by atoms with Crippen molar-refractivity contribution in [2.45, 2.75) is 19.2 Å². The van der Waals surface area contributed by atoms with E-state index in [4.69, 9.17) is 16.3 Å². The standard InChI is InChI=1S/C24H23ClN6O3/c25-18-6-7-19-20(12-18)29-22(28-19)13-26-23(32)21-15-30(10-11-34-21)24(33)17-4-2-16(3-5-17)14-31-9-1-8-27-31/h1-9,12,21H,10-11,13-15H2,(H,26,32)(H,28,29). The van der Waals surface area contributed by atoms with Gasteiger partial charge in [0.25, 0.3) is 11.8 Å². The second kappa shape index (κ2) is 9.66. The van der Waals surface area contributed by atoms with Crippen molar-refractivity contribution in [2.75, 3.05) is 19.7 Å². The largest absolute Gasteiger partial charge is 0.365 e. The summed E-state index contributed by atoms with van der Waals surface area (Å²) >= 11 is 6.01. The molecule has 4 aromatic rings. The molecule has 1 unspecified atom stereocenters. The zero-order valence-electron chi connectivity index (χ0n) is 18.3. The van der Waals surface area contributed by atoms with Gasteiger partial charge in [-0.1, -0.05) is 23.7 Å². The van der Waals surface area contributed by atoms with Crippen LogP contribution in [-0.4, -0.2) is 62.3 Å². The minimum atomic E-state index is -0.740. The second-order valence-corrected chi connectivity index (χ2v) is 8.51. The number of fused-ring (bicyclic) bond motifs is 1. The molecule has 9 nitrogen and oxygen atoms in total. The van der Waals surface area contributed by atoms with Crippen molar-refractivity contribution in [3.63, 3.8) is 0 Å². The predicted octanol–water partition coefficient (Wildman–Crippen LogP) is 2.62. The molecule has 2 aromatic carbocycles. The van der Waals surface area contributed by atoms with Crippen molar-refractivity contribution in [3.8, 4) is 0 Å². The van der Waals surface area contributed by atoms with Gasteiger partial charge in [-0.3, -0.25) is 14.3 Å². The number of H-pyrrole nitrogens is 1. The van der Waals surface area contributed by atoms with Gasteiger partial charge in [0.05, 0.1) is 37.3 Å². The molecule has 1 fully saturated rings. The number of imidazole rings is 1. The van der Waals surface area contributed by atoms with Crippen LogP contribution in [0.4, 0.5) is 0 Å². The summed E-state index contributed by atoms with van der Waals surface area (Å²) in [5.41, 5.74) is 3.20. The molecule has 5 rings (SSSR count). The molecule has 2 aromatic heterocycles. The van der Waals surface area contributed by atoms with E-state index in [0.717, 1.165) is 16.6 Å². The number of amides is 2. The average molecular weight is 479 g/mol. The Labute approximate surface area is 200 Å². The number of aromatic nitrogens is 4. The first-order valence-corrected chi connectivity index (χ1v) is 11.3. The van der Waals surface area contributed by atoms with E-state index < -0.39 is 6.10 Å². The van der Waals surface area contributed by atoms with Crippen LogP contribution in [0.3, 0.4) is 0 Å². The van der Waals surface area contributed by atoms with Gasteiger partial charge in [0.1, 0.15) is 5.82 Å². The Morgan fingerprint density at radius 3 is 2.85 bits per heavy atom. The molecule has 34 heavy (non-hydrogen) atoms. The van der Waals surface area contributed by atoms with Crippen LogP contribution in [0.5, 0.6) is 0 Å². The van der Waals surface area contributed by atoms with Gasteiger partial charge < -0.3 is 19.9 Å². The summed E-state index contributed by atoms with van der Waals surface area (Å²) in [5, 5.41) is 7.64. The molecule has 3 heterocycles. The first kappa shape index (κ1) is 22.1. The van der Waals surface area contributed by atoms with Gasteiger partial charge in [-0.05, 0) is 42.0 Å². The maximum Gasteiger partial charge on any atom is 0.254 e. The van der Waals surface area contributed by atoms with Gasteiger partial charge in [0.15, 0.2) is 6.10 Å². The fourth-order valence-corrected chi connectivity index (χ4v) is 4.08. The number of nitrogens with one attached hydrogen (secondary N) is 2. The summed E-state index contributed by atoms with van der Waals surface area (Å²) in [7, 11) is 0. The van der Waals surface area contributed by atoms with Gasteiger partial charge in [0.2, 0.25) is 0 Å². The van der Waals surface area contributed by atoms with E-state index in [1.165, 1.54) is 0 Å². The summed E-state index contributed by atoms with van der Waals surface area (Å²) in [6.45, 7) is 1.78. The van der Waals surface area contributed by atoms with E-state index in [2.05, 4.69) is 20.4 Å². The van der Waals surface area contributed by atoms with Gasteiger partial charge in [0, 0.05) is 29.5 Å². The Morgan fingerprint density at radius 1 is 1.21 bits per heavy atom. The maximum absolute atomic E-state index is 13.0. The highest BCUT2D eigenvalue weighted by atomic mass is 35.5. The number of aromatic amines is 1. The first-order valence-electron chi connectivity index (χ1n) is 10.9. The SMILES string of the molecule is O=C(NCc1nc2ccc(Cl)cc2[nH]1)C1CN(C(=O)c2ccc(Cn3cccn3)cc2)CCO1. The highest BCUT2D eigenvalue weighted by Gasteiger charge is 2.29. The fourth-order valence-electron chi connectivity index (χ4n) is 3.91. The van der Waals surface area contributed by atoms with Crippen LogP contribution in [0.2, 0.25) is 5.02 Å². The number of hydrogen-bond donors (Lipinski definition) is 2. The average Bonchev–Trinajstić information content (AvgIpc) is 3.52. The molecule has 10 heteroatoms. The number of ether oxygens (including phenoxy) is 1. The van der Waals surface area contributed by atoms with Crippen LogP contribution >= 0.6 is 11.6 Å². The van der Waals surface area contributed by atoms with Crippen molar-refractivity contribution >= 4 is 34.4 Å². The normalized spacial score (nSPS) is 16.0. The molecule has 1 aliphatic heterocycles. The van der Waals surface area contributed by atoms with Crippen LogP contribution in [-0.2, 0) is 22.6 Å². The summed E-state index contributed by atoms with van der Waals surface area (Å²) in [4.78, 5) is 34.9. The lowest BCUT2D eigenvalue weighted by Gasteiger charge is -2.32. The number of carbonyl (C=O) groups is 2. The highest BCUT2D eigenvalue weighted by Crippen LogP contribution is 2.17. The number of morpholine rings is 1. The quantitative estimate of drug-likeness (QED) is 0.443. The van der Waals surface area contributed by atoms with E-state index in [0.29, 0.717) is 36.1 Å². The molecule has 174 valence electrons. The minimum Gasteiger partial charge on any atom is -0.365 e. The molecule has 1 saturated heterocycles. The molecular weight excluding hydrogens is 456 g/mol. The van der Waals surface area contributed by atoms with Crippen molar-refractivity contribution in [3.05, 3.63) is 82.9 Å². The topological polar surface area (TPSA) is 105 Å². The molecule has 0 bridgehead atoms. The number of rotatable bonds is 6. The van der Waals surface area contributed by atoms with Crippen molar-refractivity contribution in [1.29, 1.82) is 0 Å². The minimum absolute atomic E-state index is 0.124. The van der Waals surface area contributed by atoms with E-state index in [9.17, 15) is 9.59 Å². The molecule has 1 aliphatic rings. The molecule has 0 spiro atoms. The number of hydrogen-bond acceptors (Lipinski definition) is 5. The summed E-state index contributed by atoms with van der Waals surface area (Å²) in [5.74, 6) is 0.205. The zero-order valence-corrected chi connectivity index (χ0v) is 19.0. The van der Waals surface area contributed by atoms with Gasteiger partial charge >= 0.3 is 0 Å². The Kier molecular flexibility index (Phi) is 6.29. The van der Waals surface area contributed by atoms with E-state index >= 15 is 0 Å². The predicted molar refractivity (Wildman–Crippen MR) is 126 cm³/mol. The third-order valence-electron chi connectivity index (χ3n) is 5.67. The molecule has 2 N–H and O–H groups in total. The third-order valence-corrected chi connectivity index (χ3v) is 5.91.